The van der Waals surface area contributed by atoms with Gasteiger partial charge in [-0.1, -0.05) is 11.8 Å². The van der Waals surface area contributed by atoms with Gasteiger partial charge in [0.15, 0.2) is 0 Å². The van der Waals surface area contributed by atoms with Gasteiger partial charge in [0.1, 0.15) is 4.88 Å². The van der Waals surface area contributed by atoms with Crippen molar-refractivity contribution in [3.8, 4) is 11.8 Å². The molecule has 2 heterocycles. The number of rotatable bonds is 1. The lowest BCUT2D eigenvalue weighted by molar-refractivity contribution is 0.0752. The van der Waals surface area contributed by atoms with Gasteiger partial charge in [-0.25, -0.2) is 0 Å². The van der Waals surface area contributed by atoms with E-state index in [1.165, 1.54) is 11.3 Å². The SMILES string of the molecule is CC1(C)CN(C(=O)c2sccc2C#CCN)CCS1. The molecule has 0 aliphatic carbocycles. The maximum atomic E-state index is 12.6. The maximum Gasteiger partial charge on any atom is 0.265 e. The van der Waals surface area contributed by atoms with Gasteiger partial charge in [-0.05, 0) is 25.3 Å². The van der Waals surface area contributed by atoms with Gasteiger partial charge in [0.2, 0.25) is 0 Å². The Hall–Kier alpha value is -0.960. The van der Waals surface area contributed by atoms with Crippen LogP contribution in [-0.4, -0.2) is 40.9 Å². The number of thioether (sulfide) groups is 1. The molecule has 1 amide bonds. The van der Waals surface area contributed by atoms with Crippen LogP contribution >= 0.6 is 23.1 Å². The van der Waals surface area contributed by atoms with E-state index in [0.717, 1.165) is 29.3 Å². The van der Waals surface area contributed by atoms with E-state index in [4.69, 9.17) is 5.73 Å². The molecule has 102 valence electrons. The minimum absolute atomic E-state index is 0.102. The molecule has 2 N–H and O–H groups in total. The van der Waals surface area contributed by atoms with Crippen LogP contribution in [0.4, 0.5) is 0 Å². The molecule has 0 aromatic carbocycles. The largest absolute Gasteiger partial charge is 0.336 e. The summed E-state index contributed by atoms with van der Waals surface area (Å²) in [5, 5.41) is 1.91. The standard InChI is InChI=1S/C14H18N2OS2/c1-14(2)10-16(7-9-19-14)13(17)12-11(4-3-6-15)5-8-18-12/h5,8H,6-7,9-10,15H2,1-2H3. The molecular weight excluding hydrogens is 276 g/mol. The highest BCUT2D eigenvalue weighted by Gasteiger charge is 2.31. The van der Waals surface area contributed by atoms with Crippen molar-refractivity contribution >= 4 is 29.0 Å². The van der Waals surface area contributed by atoms with Gasteiger partial charge < -0.3 is 10.6 Å². The number of carbonyl (C=O) groups excluding carboxylic acids is 1. The molecule has 5 heteroatoms. The van der Waals surface area contributed by atoms with Gasteiger partial charge in [-0.15, -0.1) is 11.3 Å². The van der Waals surface area contributed by atoms with E-state index in [9.17, 15) is 4.79 Å². The summed E-state index contributed by atoms with van der Waals surface area (Å²) < 4.78 is 0.133. The number of nitrogens with two attached hydrogens (primary N) is 1. The van der Waals surface area contributed by atoms with Crippen molar-refractivity contribution in [1.29, 1.82) is 0 Å². The number of thiophene rings is 1. The Balaban J connectivity index is 2.18. The summed E-state index contributed by atoms with van der Waals surface area (Å²) in [6.07, 6.45) is 0. The van der Waals surface area contributed by atoms with Crippen molar-refractivity contribution in [2.45, 2.75) is 18.6 Å². The van der Waals surface area contributed by atoms with Crippen LogP contribution in [0.2, 0.25) is 0 Å². The lowest BCUT2D eigenvalue weighted by atomic mass is 10.1. The molecule has 0 unspecified atom stereocenters. The van der Waals surface area contributed by atoms with Crippen molar-refractivity contribution in [3.05, 3.63) is 21.9 Å². The first kappa shape index (κ1) is 14.4. The van der Waals surface area contributed by atoms with E-state index < -0.39 is 0 Å². The lowest BCUT2D eigenvalue weighted by Crippen LogP contribution is -2.46. The smallest absolute Gasteiger partial charge is 0.265 e. The molecule has 0 spiro atoms. The zero-order valence-corrected chi connectivity index (χ0v) is 12.9. The van der Waals surface area contributed by atoms with E-state index in [1.807, 2.05) is 28.1 Å². The van der Waals surface area contributed by atoms with Crippen LogP contribution in [0.3, 0.4) is 0 Å². The Morgan fingerprint density at radius 1 is 1.58 bits per heavy atom. The average molecular weight is 294 g/mol. The Morgan fingerprint density at radius 2 is 2.37 bits per heavy atom. The highest BCUT2D eigenvalue weighted by atomic mass is 32.2. The molecule has 2 rings (SSSR count). The van der Waals surface area contributed by atoms with Crippen LogP contribution < -0.4 is 5.73 Å². The second kappa shape index (κ2) is 6.00. The fourth-order valence-corrected chi connectivity index (χ4v) is 3.98. The molecule has 1 aliphatic rings. The molecule has 1 aliphatic heterocycles. The Labute approximate surface area is 122 Å². The van der Waals surface area contributed by atoms with E-state index in [-0.39, 0.29) is 10.7 Å². The average Bonchev–Trinajstić information content (AvgIpc) is 2.82. The van der Waals surface area contributed by atoms with Crippen molar-refractivity contribution in [2.75, 3.05) is 25.4 Å². The first-order valence-corrected chi connectivity index (χ1v) is 8.10. The fraction of sp³-hybridized carbons (Fsp3) is 0.500. The highest BCUT2D eigenvalue weighted by molar-refractivity contribution is 8.00. The molecule has 1 fully saturated rings. The molecule has 0 atom stereocenters. The third-order valence-corrected chi connectivity index (χ3v) is 5.10. The summed E-state index contributed by atoms with van der Waals surface area (Å²) in [5.74, 6) is 6.89. The van der Waals surface area contributed by atoms with Crippen LogP contribution in [-0.2, 0) is 0 Å². The molecule has 3 nitrogen and oxygen atoms in total. The van der Waals surface area contributed by atoms with Gasteiger partial charge in [-0.3, -0.25) is 4.79 Å². The summed E-state index contributed by atoms with van der Waals surface area (Å²) in [6, 6.07) is 1.89. The van der Waals surface area contributed by atoms with Crippen LogP contribution in [0, 0.1) is 11.8 Å². The normalized spacial score (nSPS) is 17.7. The quantitative estimate of drug-likeness (QED) is 0.806. The van der Waals surface area contributed by atoms with Crippen LogP contribution in [0.25, 0.3) is 0 Å². The Morgan fingerprint density at radius 3 is 3.05 bits per heavy atom. The van der Waals surface area contributed by atoms with Crippen LogP contribution in [0.1, 0.15) is 29.1 Å². The minimum Gasteiger partial charge on any atom is -0.336 e. The van der Waals surface area contributed by atoms with Crippen molar-refractivity contribution in [2.24, 2.45) is 5.73 Å². The summed E-state index contributed by atoms with van der Waals surface area (Å²) >= 11 is 3.38. The van der Waals surface area contributed by atoms with E-state index in [0.29, 0.717) is 6.54 Å². The fourth-order valence-electron chi connectivity index (χ4n) is 2.05. The first-order valence-electron chi connectivity index (χ1n) is 6.23. The number of nitrogens with zero attached hydrogens (tertiary/aromatic N) is 1. The Bertz CT molecular complexity index is 525. The molecule has 19 heavy (non-hydrogen) atoms. The molecule has 1 aromatic rings. The number of hydrogen-bond acceptors (Lipinski definition) is 4. The molecule has 0 saturated carbocycles. The monoisotopic (exact) mass is 294 g/mol. The lowest BCUT2D eigenvalue weighted by Gasteiger charge is -2.37. The van der Waals surface area contributed by atoms with E-state index in [1.54, 1.807) is 0 Å². The predicted molar refractivity (Wildman–Crippen MR) is 82.7 cm³/mol. The molecular formula is C14H18N2OS2. The Kier molecular flexibility index (Phi) is 4.56. The molecule has 1 aromatic heterocycles. The van der Waals surface area contributed by atoms with E-state index >= 15 is 0 Å². The number of hydrogen-bond donors (Lipinski definition) is 1. The predicted octanol–water partition coefficient (Wildman–Crippen LogP) is 2.03. The van der Waals surface area contributed by atoms with Gasteiger partial charge in [0.25, 0.3) is 5.91 Å². The zero-order chi connectivity index (χ0) is 13.9. The highest BCUT2D eigenvalue weighted by Crippen LogP contribution is 2.31. The second-order valence-corrected chi connectivity index (χ2v) is 7.72. The minimum atomic E-state index is 0.102. The zero-order valence-electron chi connectivity index (χ0n) is 11.2. The summed E-state index contributed by atoms with van der Waals surface area (Å²) in [5.41, 5.74) is 6.18. The molecule has 0 radical (unpaired) electrons. The van der Waals surface area contributed by atoms with Gasteiger partial charge >= 0.3 is 0 Å². The summed E-state index contributed by atoms with van der Waals surface area (Å²) in [4.78, 5) is 15.2. The third-order valence-electron chi connectivity index (χ3n) is 2.90. The second-order valence-electron chi connectivity index (χ2n) is 5.00. The summed E-state index contributed by atoms with van der Waals surface area (Å²) in [6.45, 7) is 6.28. The van der Waals surface area contributed by atoms with E-state index in [2.05, 4.69) is 25.7 Å². The maximum absolute atomic E-state index is 12.6. The first-order chi connectivity index (χ1) is 9.03. The molecule has 0 bridgehead atoms. The summed E-state index contributed by atoms with van der Waals surface area (Å²) in [7, 11) is 0. The van der Waals surface area contributed by atoms with Crippen LogP contribution in [0.5, 0.6) is 0 Å². The third kappa shape index (κ3) is 3.53. The van der Waals surface area contributed by atoms with Gasteiger partial charge in [0, 0.05) is 29.2 Å². The molecule has 1 saturated heterocycles. The van der Waals surface area contributed by atoms with Gasteiger partial charge in [-0.2, -0.15) is 11.8 Å². The number of carbonyl (C=O) groups is 1. The van der Waals surface area contributed by atoms with Crippen molar-refractivity contribution in [1.82, 2.24) is 4.90 Å². The topological polar surface area (TPSA) is 46.3 Å². The van der Waals surface area contributed by atoms with Crippen molar-refractivity contribution in [3.63, 3.8) is 0 Å². The number of amides is 1. The van der Waals surface area contributed by atoms with Crippen LogP contribution in [0.15, 0.2) is 11.4 Å². The van der Waals surface area contributed by atoms with Gasteiger partial charge in [0.05, 0.1) is 6.54 Å². The van der Waals surface area contributed by atoms with Crippen molar-refractivity contribution < 1.29 is 4.79 Å².